The fraction of sp³-hybridized carbons (Fsp3) is 0.240. The van der Waals surface area contributed by atoms with Crippen LogP contribution in [0.25, 0.3) is 0 Å². The lowest BCUT2D eigenvalue weighted by Crippen LogP contribution is -2.49. The number of rotatable bonds is 5. The van der Waals surface area contributed by atoms with Crippen LogP contribution in [0.4, 0.5) is 11.4 Å². The van der Waals surface area contributed by atoms with Crippen molar-refractivity contribution in [2.45, 2.75) is 11.8 Å². The average molecular weight is 484 g/mol. The molecule has 1 aliphatic rings. The fourth-order valence-corrected chi connectivity index (χ4v) is 5.45. The molecule has 33 heavy (non-hydrogen) atoms. The maximum Gasteiger partial charge on any atom is 0.264 e. The monoisotopic (exact) mass is 483 g/mol. The molecule has 4 rings (SSSR count). The Morgan fingerprint density at radius 1 is 0.909 bits per heavy atom. The normalized spacial score (nSPS) is 14.3. The predicted octanol–water partition coefficient (Wildman–Crippen LogP) is 4.44. The highest BCUT2D eigenvalue weighted by Crippen LogP contribution is 2.28. The number of halogens is 1. The van der Waals surface area contributed by atoms with E-state index >= 15 is 0 Å². The maximum absolute atomic E-state index is 13.4. The summed E-state index contributed by atoms with van der Waals surface area (Å²) in [7, 11) is -2.31. The highest BCUT2D eigenvalue weighted by Gasteiger charge is 2.28. The first kappa shape index (κ1) is 23.1. The Kier molecular flexibility index (Phi) is 6.63. The Morgan fingerprint density at radius 2 is 1.55 bits per heavy atom. The lowest BCUT2D eigenvalue weighted by molar-refractivity contribution is 0.0747. The van der Waals surface area contributed by atoms with Crippen molar-refractivity contribution in [2.75, 3.05) is 42.4 Å². The average Bonchev–Trinajstić information content (AvgIpc) is 2.85. The summed E-state index contributed by atoms with van der Waals surface area (Å²) >= 11 is 6.18. The number of sulfonamides is 1. The number of benzene rings is 3. The van der Waals surface area contributed by atoms with Crippen molar-refractivity contribution in [3.8, 4) is 0 Å². The van der Waals surface area contributed by atoms with Gasteiger partial charge in [0, 0.05) is 43.9 Å². The Balaban J connectivity index is 1.54. The third-order valence-corrected chi connectivity index (χ3v) is 7.97. The Bertz CT molecular complexity index is 1260. The van der Waals surface area contributed by atoms with E-state index in [2.05, 4.69) is 4.90 Å². The number of amides is 1. The van der Waals surface area contributed by atoms with Crippen molar-refractivity contribution >= 4 is 38.9 Å². The fourth-order valence-electron chi connectivity index (χ4n) is 4.05. The Hall–Kier alpha value is -3.03. The lowest BCUT2D eigenvalue weighted by Gasteiger charge is -2.37. The third-order valence-electron chi connectivity index (χ3n) is 5.95. The van der Waals surface area contributed by atoms with Crippen LogP contribution in [0.1, 0.15) is 15.9 Å². The zero-order valence-corrected chi connectivity index (χ0v) is 20.2. The Morgan fingerprint density at radius 3 is 2.24 bits per heavy atom. The smallest absolute Gasteiger partial charge is 0.264 e. The zero-order valence-electron chi connectivity index (χ0n) is 18.6. The minimum atomic E-state index is -3.79. The van der Waals surface area contributed by atoms with E-state index in [1.54, 1.807) is 59.5 Å². The number of carbonyl (C=O) groups excluding carboxylic acids is 1. The molecule has 3 aromatic carbocycles. The van der Waals surface area contributed by atoms with Crippen LogP contribution in [0.2, 0.25) is 5.02 Å². The van der Waals surface area contributed by atoms with Crippen LogP contribution < -0.4 is 9.21 Å². The van der Waals surface area contributed by atoms with Crippen LogP contribution >= 0.6 is 11.6 Å². The van der Waals surface area contributed by atoms with E-state index in [0.717, 1.165) is 11.3 Å². The summed E-state index contributed by atoms with van der Waals surface area (Å²) < 4.78 is 27.4. The molecule has 8 heteroatoms. The molecule has 0 unspecified atom stereocenters. The lowest BCUT2D eigenvalue weighted by atomic mass is 10.1. The largest absolute Gasteiger partial charge is 0.368 e. The number of piperazine rings is 1. The first-order valence-corrected chi connectivity index (χ1v) is 12.5. The summed E-state index contributed by atoms with van der Waals surface area (Å²) in [5.74, 6) is -0.178. The van der Waals surface area contributed by atoms with Crippen LogP contribution in [0.3, 0.4) is 0 Å². The number of hydrogen-bond acceptors (Lipinski definition) is 4. The molecule has 0 spiro atoms. The highest BCUT2D eigenvalue weighted by molar-refractivity contribution is 7.92. The van der Waals surface area contributed by atoms with Crippen LogP contribution in [0, 0.1) is 6.92 Å². The molecule has 1 amide bonds. The molecule has 1 heterocycles. The second kappa shape index (κ2) is 9.45. The molecule has 3 aromatic rings. The van der Waals surface area contributed by atoms with Crippen molar-refractivity contribution < 1.29 is 13.2 Å². The van der Waals surface area contributed by atoms with Gasteiger partial charge in [0.25, 0.3) is 15.9 Å². The van der Waals surface area contributed by atoms with Gasteiger partial charge in [-0.15, -0.1) is 0 Å². The predicted molar refractivity (Wildman–Crippen MR) is 133 cm³/mol. The molecule has 1 aliphatic heterocycles. The molecule has 0 saturated carbocycles. The number of hydrogen-bond donors (Lipinski definition) is 0. The SMILES string of the molecule is Cc1ccc(Cl)cc1N1CCN(C(=O)c2ccccc2N(C)S(=O)(=O)c2ccccc2)CC1. The summed E-state index contributed by atoms with van der Waals surface area (Å²) in [5, 5.41) is 0.686. The van der Waals surface area contributed by atoms with Crippen molar-refractivity contribution in [2.24, 2.45) is 0 Å². The molecule has 0 aromatic heterocycles. The first-order valence-electron chi connectivity index (χ1n) is 10.7. The summed E-state index contributed by atoms with van der Waals surface area (Å²) in [6, 6.07) is 20.9. The molecule has 172 valence electrons. The number of aryl methyl sites for hydroxylation is 1. The molecule has 0 bridgehead atoms. The zero-order chi connectivity index (χ0) is 23.6. The quantitative estimate of drug-likeness (QED) is 0.538. The van der Waals surface area contributed by atoms with Crippen LogP contribution in [0.15, 0.2) is 77.7 Å². The van der Waals surface area contributed by atoms with Gasteiger partial charge in [-0.3, -0.25) is 9.10 Å². The van der Waals surface area contributed by atoms with Crippen molar-refractivity contribution in [3.63, 3.8) is 0 Å². The van der Waals surface area contributed by atoms with Crippen LogP contribution in [0.5, 0.6) is 0 Å². The number of carbonyl (C=O) groups is 1. The number of anilines is 2. The van der Waals surface area contributed by atoms with Gasteiger partial charge in [-0.1, -0.05) is 48.0 Å². The van der Waals surface area contributed by atoms with Gasteiger partial charge >= 0.3 is 0 Å². The van der Waals surface area contributed by atoms with Crippen LogP contribution in [-0.4, -0.2) is 52.5 Å². The van der Waals surface area contributed by atoms with Crippen molar-refractivity contribution in [1.82, 2.24) is 4.90 Å². The molecule has 1 saturated heterocycles. The molecule has 0 atom stereocenters. The van der Waals surface area contributed by atoms with Crippen molar-refractivity contribution in [3.05, 3.63) is 88.9 Å². The van der Waals surface area contributed by atoms with Gasteiger partial charge in [-0.05, 0) is 48.9 Å². The third kappa shape index (κ3) is 4.70. The number of nitrogens with zero attached hydrogens (tertiary/aromatic N) is 3. The topological polar surface area (TPSA) is 60.9 Å². The van der Waals surface area contributed by atoms with E-state index in [9.17, 15) is 13.2 Å². The van der Waals surface area contributed by atoms with E-state index in [1.807, 2.05) is 25.1 Å². The van der Waals surface area contributed by atoms with E-state index < -0.39 is 10.0 Å². The Labute approximate surface area is 200 Å². The molecule has 0 radical (unpaired) electrons. The molecular formula is C25H26ClN3O3S. The summed E-state index contributed by atoms with van der Waals surface area (Å²) in [5.41, 5.74) is 2.94. The van der Waals surface area contributed by atoms with Gasteiger partial charge in [0.15, 0.2) is 0 Å². The van der Waals surface area contributed by atoms with E-state index in [0.29, 0.717) is 42.5 Å². The van der Waals surface area contributed by atoms with Gasteiger partial charge in [-0.25, -0.2) is 8.42 Å². The van der Waals surface area contributed by atoms with Gasteiger partial charge in [0.1, 0.15) is 0 Å². The van der Waals surface area contributed by atoms with Crippen molar-refractivity contribution in [1.29, 1.82) is 0 Å². The molecule has 0 N–H and O–H groups in total. The van der Waals surface area contributed by atoms with Gasteiger partial charge in [0.2, 0.25) is 0 Å². The van der Waals surface area contributed by atoms with Gasteiger partial charge < -0.3 is 9.80 Å². The van der Waals surface area contributed by atoms with Gasteiger partial charge in [0.05, 0.1) is 16.1 Å². The van der Waals surface area contributed by atoms with E-state index in [-0.39, 0.29) is 10.8 Å². The minimum absolute atomic E-state index is 0.178. The minimum Gasteiger partial charge on any atom is -0.368 e. The van der Waals surface area contributed by atoms with Crippen LogP contribution in [-0.2, 0) is 10.0 Å². The summed E-state index contributed by atoms with van der Waals surface area (Å²) in [6.45, 7) is 4.46. The molecule has 1 fully saturated rings. The second-order valence-corrected chi connectivity index (χ2v) is 10.4. The maximum atomic E-state index is 13.4. The molecular weight excluding hydrogens is 458 g/mol. The van der Waals surface area contributed by atoms with E-state index in [1.165, 1.54) is 11.4 Å². The summed E-state index contributed by atoms with van der Waals surface area (Å²) in [6.07, 6.45) is 0. The highest BCUT2D eigenvalue weighted by atomic mass is 35.5. The van der Waals surface area contributed by atoms with E-state index in [4.69, 9.17) is 11.6 Å². The molecule has 0 aliphatic carbocycles. The summed E-state index contributed by atoms with van der Waals surface area (Å²) in [4.78, 5) is 17.6. The van der Waals surface area contributed by atoms with Gasteiger partial charge in [-0.2, -0.15) is 0 Å². The standard InChI is InChI=1S/C25H26ClN3O3S/c1-19-12-13-20(26)18-24(19)28-14-16-29(17-15-28)25(30)22-10-6-7-11-23(22)27(2)33(31,32)21-8-4-3-5-9-21/h3-13,18H,14-17H2,1-2H3. The molecule has 6 nitrogen and oxygen atoms in total. The second-order valence-electron chi connectivity index (χ2n) is 8.01. The number of para-hydroxylation sites is 1. The first-order chi connectivity index (χ1) is 15.8.